The summed E-state index contributed by atoms with van der Waals surface area (Å²) in [5, 5.41) is 0. The summed E-state index contributed by atoms with van der Waals surface area (Å²) in [6.07, 6.45) is -1.30. The van der Waals surface area contributed by atoms with E-state index in [1.807, 2.05) is 0 Å². The first-order valence-electron chi connectivity index (χ1n) is 8.84. The number of carbonyl (C=O) groups is 1. The fourth-order valence-corrected chi connectivity index (χ4v) is 3.67. The normalized spacial score (nSPS) is 25.2. The zero-order valence-electron chi connectivity index (χ0n) is 14.4. The number of amides is 1. The molecule has 2 heterocycles. The third kappa shape index (κ3) is 4.88. The highest BCUT2D eigenvalue weighted by atomic mass is 19.4. The molecule has 0 aromatic heterocycles. The molecule has 144 valence electrons. The van der Waals surface area contributed by atoms with Crippen LogP contribution in [0, 0.1) is 5.92 Å². The standard InChI is InChI=1S/C18H23F3N2O3/c19-18(20,21)26-15-3-1-2-13(10-15)17(24)23-7-4-12(5-8-23)16-11-14(22)6-9-25-16/h1-3,10,12,14,16H,4-9,11,22H2. The van der Waals surface area contributed by atoms with Gasteiger partial charge < -0.3 is 20.1 Å². The minimum atomic E-state index is -4.78. The number of benzene rings is 1. The van der Waals surface area contributed by atoms with Crippen LogP contribution in [0.1, 0.15) is 36.0 Å². The first kappa shape index (κ1) is 19.0. The van der Waals surface area contributed by atoms with Crippen molar-refractivity contribution in [1.82, 2.24) is 4.90 Å². The monoisotopic (exact) mass is 372 g/mol. The molecule has 1 amide bonds. The molecule has 2 aliphatic rings. The number of ether oxygens (including phenoxy) is 2. The maximum atomic E-state index is 12.6. The summed E-state index contributed by atoms with van der Waals surface area (Å²) in [5.41, 5.74) is 6.20. The van der Waals surface area contributed by atoms with Crippen LogP contribution in [-0.2, 0) is 4.74 Å². The topological polar surface area (TPSA) is 64.8 Å². The van der Waals surface area contributed by atoms with E-state index in [0.717, 1.165) is 31.7 Å². The van der Waals surface area contributed by atoms with Gasteiger partial charge >= 0.3 is 6.36 Å². The Morgan fingerprint density at radius 2 is 1.96 bits per heavy atom. The molecular weight excluding hydrogens is 349 g/mol. The number of halogens is 3. The second-order valence-electron chi connectivity index (χ2n) is 6.90. The van der Waals surface area contributed by atoms with Crippen molar-refractivity contribution in [3.8, 4) is 5.75 Å². The Kier molecular flexibility index (Phi) is 5.72. The summed E-state index contributed by atoms with van der Waals surface area (Å²) in [6.45, 7) is 1.79. The Hall–Kier alpha value is -1.80. The summed E-state index contributed by atoms with van der Waals surface area (Å²) in [6, 6.07) is 5.37. The predicted octanol–water partition coefficient (Wildman–Crippen LogP) is 2.94. The molecule has 3 rings (SSSR count). The van der Waals surface area contributed by atoms with E-state index in [0.29, 0.717) is 25.6 Å². The fourth-order valence-electron chi connectivity index (χ4n) is 3.67. The Morgan fingerprint density at radius 1 is 1.23 bits per heavy atom. The fraction of sp³-hybridized carbons (Fsp3) is 0.611. The maximum absolute atomic E-state index is 12.6. The Balaban J connectivity index is 1.57. The predicted molar refractivity (Wildman–Crippen MR) is 88.7 cm³/mol. The van der Waals surface area contributed by atoms with E-state index in [1.165, 1.54) is 18.2 Å². The van der Waals surface area contributed by atoms with Crippen molar-refractivity contribution in [2.45, 2.75) is 44.2 Å². The summed E-state index contributed by atoms with van der Waals surface area (Å²) < 4.78 is 46.7. The summed E-state index contributed by atoms with van der Waals surface area (Å²) in [5.74, 6) is -0.300. The van der Waals surface area contributed by atoms with Gasteiger partial charge in [-0.25, -0.2) is 0 Å². The highest BCUT2D eigenvalue weighted by Crippen LogP contribution is 2.29. The molecule has 2 atom stereocenters. The van der Waals surface area contributed by atoms with E-state index in [-0.39, 0.29) is 29.4 Å². The van der Waals surface area contributed by atoms with Gasteiger partial charge in [0, 0.05) is 31.3 Å². The molecule has 0 bridgehead atoms. The SMILES string of the molecule is NC1CCOC(C2CCN(C(=O)c3cccc(OC(F)(F)F)c3)CC2)C1. The molecule has 0 radical (unpaired) electrons. The zero-order valence-corrected chi connectivity index (χ0v) is 14.4. The van der Waals surface area contributed by atoms with E-state index in [9.17, 15) is 18.0 Å². The molecule has 0 spiro atoms. The molecule has 1 aromatic rings. The third-order valence-electron chi connectivity index (χ3n) is 5.02. The Morgan fingerprint density at radius 3 is 2.62 bits per heavy atom. The largest absolute Gasteiger partial charge is 0.573 e. The van der Waals surface area contributed by atoms with Crippen LogP contribution in [0.15, 0.2) is 24.3 Å². The average molecular weight is 372 g/mol. The van der Waals surface area contributed by atoms with Gasteiger partial charge in [0.25, 0.3) is 5.91 Å². The first-order chi connectivity index (χ1) is 12.3. The Labute approximate surface area is 150 Å². The van der Waals surface area contributed by atoms with Gasteiger partial charge in [0.05, 0.1) is 6.10 Å². The molecule has 1 aromatic carbocycles. The number of hydrogen-bond acceptors (Lipinski definition) is 4. The zero-order chi connectivity index (χ0) is 18.7. The van der Waals surface area contributed by atoms with E-state index in [1.54, 1.807) is 4.90 Å². The number of nitrogens with two attached hydrogens (primary N) is 1. The number of piperidine rings is 1. The maximum Gasteiger partial charge on any atom is 0.573 e. The van der Waals surface area contributed by atoms with Crippen molar-refractivity contribution in [2.75, 3.05) is 19.7 Å². The quantitative estimate of drug-likeness (QED) is 0.886. The van der Waals surface area contributed by atoms with Gasteiger partial charge in [-0.05, 0) is 49.8 Å². The smallest absolute Gasteiger partial charge is 0.406 e. The lowest BCUT2D eigenvalue weighted by atomic mass is 9.86. The number of alkyl halides is 3. The molecule has 0 saturated carbocycles. The van der Waals surface area contributed by atoms with Crippen LogP contribution in [0.3, 0.4) is 0 Å². The highest BCUT2D eigenvalue weighted by Gasteiger charge is 2.33. The van der Waals surface area contributed by atoms with Crippen molar-refractivity contribution in [2.24, 2.45) is 11.7 Å². The molecule has 5 nitrogen and oxygen atoms in total. The number of carbonyl (C=O) groups excluding carboxylic acids is 1. The van der Waals surface area contributed by atoms with E-state index in [2.05, 4.69) is 4.74 Å². The minimum absolute atomic E-state index is 0.138. The first-order valence-corrected chi connectivity index (χ1v) is 8.84. The van der Waals surface area contributed by atoms with Crippen molar-refractivity contribution in [3.05, 3.63) is 29.8 Å². The summed E-state index contributed by atoms with van der Waals surface area (Å²) >= 11 is 0. The molecule has 2 N–H and O–H groups in total. The Bertz CT molecular complexity index is 630. The van der Waals surface area contributed by atoms with Crippen LogP contribution in [-0.4, -0.2) is 49.0 Å². The number of rotatable bonds is 3. The molecule has 2 fully saturated rings. The van der Waals surface area contributed by atoms with E-state index >= 15 is 0 Å². The van der Waals surface area contributed by atoms with Crippen LogP contribution in [0.5, 0.6) is 5.75 Å². The van der Waals surface area contributed by atoms with Crippen molar-refractivity contribution >= 4 is 5.91 Å². The minimum Gasteiger partial charge on any atom is -0.406 e. The van der Waals surface area contributed by atoms with Gasteiger partial charge in [0.15, 0.2) is 0 Å². The van der Waals surface area contributed by atoms with Crippen LogP contribution in [0.25, 0.3) is 0 Å². The lowest BCUT2D eigenvalue weighted by molar-refractivity contribution is -0.274. The van der Waals surface area contributed by atoms with Crippen LogP contribution >= 0.6 is 0 Å². The van der Waals surface area contributed by atoms with Gasteiger partial charge in [0.2, 0.25) is 0 Å². The van der Waals surface area contributed by atoms with Gasteiger partial charge in [0.1, 0.15) is 5.75 Å². The number of hydrogen-bond donors (Lipinski definition) is 1. The van der Waals surface area contributed by atoms with E-state index in [4.69, 9.17) is 10.5 Å². The molecule has 2 unspecified atom stereocenters. The van der Waals surface area contributed by atoms with Crippen molar-refractivity contribution < 1.29 is 27.4 Å². The van der Waals surface area contributed by atoms with Gasteiger partial charge in [-0.15, -0.1) is 13.2 Å². The molecule has 8 heteroatoms. The van der Waals surface area contributed by atoms with Crippen molar-refractivity contribution in [3.63, 3.8) is 0 Å². The van der Waals surface area contributed by atoms with Gasteiger partial charge in [-0.2, -0.15) is 0 Å². The molecular formula is C18H23F3N2O3. The van der Waals surface area contributed by atoms with E-state index < -0.39 is 6.36 Å². The molecule has 0 aliphatic carbocycles. The van der Waals surface area contributed by atoms with Crippen LogP contribution in [0.4, 0.5) is 13.2 Å². The van der Waals surface area contributed by atoms with Crippen LogP contribution < -0.4 is 10.5 Å². The lowest BCUT2D eigenvalue weighted by Crippen LogP contribution is -2.45. The number of nitrogens with zero attached hydrogens (tertiary/aromatic N) is 1. The van der Waals surface area contributed by atoms with Gasteiger partial charge in [-0.1, -0.05) is 6.07 Å². The molecule has 2 aliphatic heterocycles. The second-order valence-corrected chi connectivity index (χ2v) is 6.90. The second kappa shape index (κ2) is 7.84. The highest BCUT2D eigenvalue weighted by molar-refractivity contribution is 5.94. The van der Waals surface area contributed by atoms with Crippen LogP contribution in [0.2, 0.25) is 0 Å². The lowest BCUT2D eigenvalue weighted by Gasteiger charge is -2.38. The number of likely N-dealkylation sites (tertiary alicyclic amines) is 1. The third-order valence-corrected chi connectivity index (χ3v) is 5.02. The summed E-state index contributed by atoms with van der Waals surface area (Å²) in [4.78, 5) is 14.3. The summed E-state index contributed by atoms with van der Waals surface area (Å²) in [7, 11) is 0. The van der Waals surface area contributed by atoms with Gasteiger partial charge in [-0.3, -0.25) is 4.79 Å². The molecule has 2 saturated heterocycles. The van der Waals surface area contributed by atoms with Crippen molar-refractivity contribution in [1.29, 1.82) is 0 Å². The molecule has 26 heavy (non-hydrogen) atoms. The average Bonchev–Trinajstić information content (AvgIpc) is 2.60.